The number of fused-ring (bicyclic) bond motifs is 1. The Kier molecular flexibility index (Phi) is 3.75. The first-order valence-electron chi connectivity index (χ1n) is 8.76. The molecule has 0 atom stereocenters. The van der Waals surface area contributed by atoms with Gasteiger partial charge in [0.15, 0.2) is 0 Å². The van der Waals surface area contributed by atoms with Crippen LogP contribution in [0.3, 0.4) is 0 Å². The van der Waals surface area contributed by atoms with Crippen molar-refractivity contribution in [1.29, 1.82) is 0 Å². The summed E-state index contributed by atoms with van der Waals surface area (Å²) in [5, 5.41) is 10.7. The average molecular weight is 355 g/mol. The Morgan fingerprint density at radius 1 is 1.27 bits per heavy atom. The minimum atomic E-state index is -0.340. The van der Waals surface area contributed by atoms with E-state index in [2.05, 4.69) is 41.5 Å². The third-order valence-corrected chi connectivity index (χ3v) is 4.31. The number of hydrogen-bond acceptors (Lipinski definition) is 3. The summed E-state index contributed by atoms with van der Waals surface area (Å²) in [5.74, 6) is 0.773. The second-order valence-corrected chi connectivity index (χ2v) is 7.82. The normalized spacial score (nSPS) is 14.6. The van der Waals surface area contributed by atoms with Crippen molar-refractivity contribution in [1.82, 2.24) is 14.6 Å². The maximum absolute atomic E-state index is 13.0. The van der Waals surface area contributed by atoms with Gasteiger partial charge in [-0.05, 0) is 57.9 Å². The van der Waals surface area contributed by atoms with Gasteiger partial charge in [0.25, 0.3) is 5.91 Å². The van der Waals surface area contributed by atoms with E-state index in [4.69, 9.17) is 0 Å². The topological polar surface area (TPSA) is 74.2 Å². The molecule has 1 aromatic carbocycles. The average Bonchev–Trinajstić information content (AvgIpc) is 3.22. The molecule has 0 bridgehead atoms. The molecule has 1 saturated carbocycles. The molecule has 0 saturated heterocycles. The largest absolute Gasteiger partial charge is 0.364 e. The van der Waals surface area contributed by atoms with Crippen molar-refractivity contribution in [3.05, 3.63) is 47.5 Å². The summed E-state index contributed by atoms with van der Waals surface area (Å²) in [6, 6.07) is 5.69. The SMILES string of the molecule is CC(C)(C)Nc1c(C2CC2)[nH]c2c(C(=O)Nc3ccc(F)cc3)cnn12. The van der Waals surface area contributed by atoms with Crippen LogP contribution in [-0.2, 0) is 0 Å². The zero-order chi connectivity index (χ0) is 18.5. The number of rotatable bonds is 4. The highest BCUT2D eigenvalue weighted by molar-refractivity contribution is 6.08. The fraction of sp³-hybridized carbons (Fsp3) is 0.368. The highest BCUT2D eigenvalue weighted by Crippen LogP contribution is 2.43. The molecule has 0 radical (unpaired) electrons. The van der Waals surface area contributed by atoms with E-state index >= 15 is 0 Å². The van der Waals surface area contributed by atoms with Crippen LogP contribution in [0.25, 0.3) is 5.65 Å². The summed E-state index contributed by atoms with van der Waals surface area (Å²) < 4.78 is 14.8. The van der Waals surface area contributed by atoms with E-state index in [9.17, 15) is 9.18 Å². The number of carbonyl (C=O) groups is 1. The second-order valence-electron chi connectivity index (χ2n) is 7.82. The lowest BCUT2D eigenvalue weighted by Crippen LogP contribution is -2.27. The Labute approximate surface area is 150 Å². The summed E-state index contributed by atoms with van der Waals surface area (Å²) >= 11 is 0. The number of imidazole rings is 1. The number of amides is 1. The summed E-state index contributed by atoms with van der Waals surface area (Å²) in [6.45, 7) is 6.27. The number of halogens is 1. The number of hydrogen-bond donors (Lipinski definition) is 3. The number of nitrogens with zero attached hydrogens (tertiary/aromatic N) is 2. The minimum Gasteiger partial charge on any atom is -0.364 e. The number of nitrogens with one attached hydrogen (secondary N) is 3. The smallest absolute Gasteiger partial charge is 0.261 e. The molecular weight excluding hydrogens is 333 g/mol. The van der Waals surface area contributed by atoms with Crippen LogP contribution in [0.5, 0.6) is 0 Å². The molecule has 3 N–H and O–H groups in total. The van der Waals surface area contributed by atoms with Gasteiger partial charge < -0.3 is 15.6 Å². The zero-order valence-electron chi connectivity index (χ0n) is 15.1. The lowest BCUT2D eigenvalue weighted by atomic mass is 10.1. The molecule has 0 unspecified atom stereocenters. The van der Waals surface area contributed by atoms with Gasteiger partial charge in [-0.15, -0.1) is 0 Å². The van der Waals surface area contributed by atoms with Gasteiger partial charge in [0.1, 0.15) is 22.8 Å². The molecule has 2 aromatic heterocycles. The Balaban J connectivity index is 1.69. The quantitative estimate of drug-likeness (QED) is 0.658. The molecule has 1 amide bonds. The number of H-pyrrole nitrogens is 1. The second kappa shape index (κ2) is 5.86. The van der Waals surface area contributed by atoms with Crippen molar-refractivity contribution in [2.45, 2.75) is 45.1 Å². The Bertz CT molecular complexity index is 960. The number of aromatic nitrogens is 3. The molecule has 1 fully saturated rings. The number of carbonyl (C=O) groups excluding carboxylic acids is 1. The van der Waals surface area contributed by atoms with Crippen LogP contribution in [0.15, 0.2) is 30.5 Å². The van der Waals surface area contributed by atoms with Gasteiger partial charge in [-0.25, -0.2) is 4.39 Å². The van der Waals surface area contributed by atoms with Gasteiger partial charge in [-0.1, -0.05) is 0 Å². The Hall–Kier alpha value is -2.83. The van der Waals surface area contributed by atoms with E-state index in [0.717, 1.165) is 24.4 Å². The maximum Gasteiger partial charge on any atom is 0.261 e. The molecule has 26 heavy (non-hydrogen) atoms. The van der Waals surface area contributed by atoms with E-state index < -0.39 is 0 Å². The first-order valence-corrected chi connectivity index (χ1v) is 8.76. The van der Waals surface area contributed by atoms with Gasteiger partial charge in [-0.2, -0.15) is 9.61 Å². The van der Waals surface area contributed by atoms with Gasteiger partial charge in [0.05, 0.1) is 11.9 Å². The molecule has 1 aliphatic rings. The monoisotopic (exact) mass is 355 g/mol. The van der Waals surface area contributed by atoms with E-state index in [1.165, 1.54) is 24.3 Å². The molecule has 0 spiro atoms. The van der Waals surface area contributed by atoms with Crippen LogP contribution in [0.2, 0.25) is 0 Å². The van der Waals surface area contributed by atoms with Gasteiger partial charge >= 0.3 is 0 Å². The molecule has 7 heteroatoms. The highest BCUT2D eigenvalue weighted by atomic mass is 19.1. The van der Waals surface area contributed by atoms with Crippen molar-refractivity contribution < 1.29 is 9.18 Å². The van der Waals surface area contributed by atoms with Gasteiger partial charge in [0.2, 0.25) is 0 Å². The number of benzene rings is 1. The van der Waals surface area contributed by atoms with Crippen LogP contribution in [0.1, 0.15) is 55.6 Å². The summed E-state index contributed by atoms with van der Waals surface area (Å²) in [7, 11) is 0. The maximum atomic E-state index is 13.0. The van der Waals surface area contributed by atoms with Crippen LogP contribution < -0.4 is 10.6 Å². The lowest BCUT2D eigenvalue weighted by molar-refractivity contribution is 0.102. The van der Waals surface area contributed by atoms with Crippen LogP contribution in [0, 0.1) is 5.82 Å². The van der Waals surface area contributed by atoms with Crippen molar-refractivity contribution >= 4 is 23.1 Å². The summed E-state index contributed by atoms with van der Waals surface area (Å²) in [4.78, 5) is 16.1. The lowest BCUT2D eigenvalue weighted by Gasteiger charge is -2.22. The highest BCUT2D eigenvalue weighted by Gasteiger charge is 2.32. The molecule has 1 aliphatic carbocycles. The predicted molar refractivity (Wildman–Crippen MR) is 99.2 cm³/mol. The molecule has 0 aliphatic heterocycles. The minimum absolute atomic E-state index is 0.124. The van der Waals surface area contributed by atoms with Gasteiger partial charge in [0, 0.05) is 17.1 Å². The Morgan fingerprint density at radius 2 is 1.96 bits per heavy atom. The molecule has 136 valence electrons. The molecule has 2 heterocycles. The standard InChI is InChI=1S/C19H22FN5O/c1-19(2,3)24-17-15(11-4-5-11)23-16-14(10-21-25(16)17)18(26)22-13-8-6-12(20)7-9-13/h6-11,23-24H,4-5H2,1-3H3,(H,22,26). The molecule has 4 rings (SSSR count). The fourth-order valence-electron chi connectivity index (χ4n) is 2.98. The van der Waals surface area contributed by atoms with Crippen molar-refractivity contribution in [2.24, 2.45) is 0 Å². The summed E-state index contributed by atoms with van der Waals surface area (Å²) in [5.41, 5.74) is 2.63. The Morgan fingerprint density at radius 3 is 2.58 bits per heavy atom. The predicted octanol–water partition coefficient (Wildman–Crippen LogP) is 4.14. The van der Waals surface area contributed by atoms with Crippen molar-refractivity contribution in [3.63, 3.8) is 0 Å². The molecule has 6 nitrogen and oxygen atoms in total. The van der Waals surface area contributed by atoms with Crippen LogP contribution >= 0.6 is 0 Å². The van der Waals surface area contributed by atoms with Crippen molar-refractivity contribution in [3.8, 4) is 0 Å². The first-order chi connectivity index (χ1) is 12.3. The van der Waals surface area contributed by atoms with E-state index in [0.29, 0.717) is 22.8 Å². The van der Waals surface area contributed by atoms with E-state index in [-0.39, 0.29) is 17.3 Å². The van der Waals surface area contributed by atoms with Gasteiger partial charge in [-0.3, -0.25) is 4.79 Å². The zero-order valence-corrected chi connectivity index (χ0v) is 15.1. The van der Waals surface area contributed by atoms with E-state index in [1.54, 1.807) is 10.7 Å². The summed E-state index contributed by atoms with van der Waals surface area (Å²) in [6.07, 6.45) is 3.83. The first kappa shape index (κ1) is 16.6. The fourth-order valence-corrected chi connectivity index (χ4v) is 2.98. The molecular formula is C19H22FN5O. The van der Waals surface area contributed by atoms with E-state index in [1.807, 2.05) is 0 Å². The molecule has 3 aromatic rings. The van der Waals surface area contributed by atoms with Crippen LogP contribution in [-0.4, -0.2) is 26.0 Å². The van der Waals surface area contributed by atoms with Crippen LogP contribution in [0.4, 0.5) is 15.9 Å². The number of aromatic amines is 1. The number of anilines is 2. The van der Waals surface area contributed by atoms with Crippen molar-refractivity contribution in [2.75, 3.05) is 10.6 Å². The third-order valence-electron chi connectivity index (χ3n) is 4.31. The third kappa shape index (κ3) is 3.16.